The summed E-state index contributed by atoms with van der Waals surface area (Å²) in [6.07, 6.45) is 1.48. The molecule has 190 valence electrons. The number of aliphatic carboxylic acids is 1. The smallest absolute Gasteiger partial charge is 0.303 e. The normalized spacial score (nSPS) is 11.8. The van der Waals surface area contributed by atoms with E-state index >= 15 is 0 Å². The number of carboxylic acid groups (broad SMARTS) is 1. The Hall–Kier alpha value is -3.53. The van der Waals surface area contributed by atoms with Crippen LogP contribution in [0.3, 0.4) is 0 Å². The van der Waals surface area contributed by atoms with Gasteiger partial charge < -0.3 is 15.2 Å². The molecule has 0 bridgehead atoms. The van der Waals surface area contributed by atoms with E-state index in [1.165, 1.54) is 16.7 Å². The first-order valence-corrected chi connectivity index (χ1v) is 12.7. The summed E-state index contributed by atoms with van der Waals surface area (Å²) < 4.78 is 6.08. The average molecular weight is 486 g/mol. The van der Waals surface area contributed by atoms with Crippen molar-refractivity contribution < 1.29 is 14.6 Å². The van der Waals surface area contributed by atoms with Gasteiger partial charge in [0.05, 0.1) is 6.04 Å². The van der Waals surface area contributed by atoms with Crippen LogP contribution in [0.4, 0.5) is 0 Å². The first-order valence-electron chi connectivity index (χ1n) is 12.7. The van der Waals surface area contributed by atoms with Crippen LogP contribution in [-0.2, 0) is 17.8 Å². The second-order valence-corrected chi connectivity index (χ2v) is 10.2. The van der Waals surface area contributed by atoms with Gasteiger partial charge in [-0.1, -0.05) is 80.1 Å². The van der Waals surface area contributed by atoms with E-state index in [0.29, 0.717) is 18.9 Å². The molecule has 4 nitrogen and oxygen atoms in total. The third-order valence-corrected chi connectivity index (χ3v) is 6.30. The van der Waals surface area contributed by atoms with Crippen LogP contribution in [0.1, 0.15) is 71.7 Å². The van der Waals surface area contributed by atoms with Gasteiger partial charge in [0, 0.05) is 17.7 Å². The Morgan fingerprint density at radius 2 is 1.69 bits per heavy atom. The number of hydrogen-bond donors (Lipinski definition) is 2. The molecule has 2 N–H and O–H groups in total. The van der Waals surface area contributed by atoms with Crippen LogP contribution in [0.5, 0.6) is 5.75 Å². The maximum absolute atomic E-state index is 11.3. The van der Waals surface area contributed by atoms with Gasteiger partial charge in [-0.15, -0.1) is 0 Å². The Labute approximate surface area is 216 Å². The monoisotopic (exact) mass is 485 g/mol. The van der Waals surface area contributed by atoms with Crippen molar-refractivity contribution in [2.75, 3.05) is 0 Å². The highest BCUT2D eigenvalue weighted by Gasteiger charge is 2.18. The summed E-state index contributed by atoms with van der Waals surface area (Å²) in [6.45, 7) is 15.6. The molecule has 0 aliphatic heterocycles. The fourth-order valence-corrected chi connectivity index (χ4v) is 4.58. The number of hydrogen-bond acceptors (Lipinski definition) is 3. The van der Waals surface area contributed by atoms with Crippen LogP contribution in [-0.4, -0.2) is 11.1 Å². The molecule has 3 rings (SSSR count). The van der Waals surface area contributed by atoms with Gasteiger partial charge >= 0.3 is 5.97 Å². The van der Waals surface area contributed by atoms with E-state index in [9.17, 15) is 9.90 Å². The molecular formula is C32H39NO3. The number of nitrogens with one attached hydrogen (secondary N) is 1. The van der Waals surface area contributed by atoms with Crippen LogP contribution in [0.15, 0.2) is 67.2 Å². The predicted molar refractivity (Wildman–Crippen MR) is 148 cm³/mol. The lowest BCUT2D eigenvalue weighted by Gasteiger charge is -2.26. The van der Waals surface area contributed by atoms with E-state index < -0.39 is 5.97 Å². The highest BCUT2D eigenvalue weighted by Crippen LogP contribution is 2.29. The summed E-state index contributed by atoms with van der Waals surface area (Å²) in [5.74, 6) is 0.550. The lowest BCUT2D eigenvalue weighted by Crippen LogP contribution is -2.22. The van der Waals surface area contributed by atoms with Crippen LogP contribution in [0.25, 0.3) is 5.70 Å². The van der Waals surface area contributed by atoms with Crippen molar-refractivity contribution in [1.29, 1.82) is 0 Å². The van der Waals surface area contributed by atoms with E-state index in [2.05, 4.69) is 63.9 Å². The highest BCUT2D eigenvalue weighted by atomic mass is 16.5. The Kier molecular flexibility index (Phi) is 9.35. The van der Waals surface area contributed by atoms with Crippen molar-refractivity contribution in [3.05, 3.63) is 106 Å². The molecule has 0 unspecified atom stereocenters. The summed E-state index contributed by atoms with van der Waals surface area (Å²) in [5.41, 5.74) is 8.55. The third kappa shape index (κ3) is 7.74. The number of carboxylic acids is 1. The molecule has 36 heavy (non-hydrogen) atoms. The number of para-hydroxylation sites is 1. The van der Waals surface area contributed by atoms with Gasteiger partial charge in [-0.25, -0.2) is 0 Å². The minimum Gasteiger partial charge on any atom is -0.489 e. The fourth-order valence-electron chi connectivity index (χ4n) is 4.58. The SMILES string of the molecule is C=C(N[C@H](CC(C)C)c1cc(C)cc(C)c1)c1cc(COc2ccccc2C)ccc1CCC(=O)O. The summed E-state index contributed by atoms with van der Waals surface area (Å²) in [5, 5.41) is 13.0. The minimum absolute atomic E-state index is 0.0752. The molecule has 1 atom stereocenters. The summed E-state index contributed by atoms with van der Waals surface area (Å²) in [4.78, 5) is 11.3. The standard InChI is InChI=1S/C32H39NO3/c1-21(2)15-30(28-17-22(3)16-23(4)18-28)33-25(6)29-19-26(11-12-27(29)13-14-32(34)35)20-36-31-10-8-7-9-24(31)5/h7-12,16-19,21,30,33H,6,13-15,20H2,1-5H3,(H,34,35)/t30-/m1/s1. The Balaban J connectivity index is 1.89. The van der Waals surface area contributed by atoms with E-state index in [-0.39, 0.29) is 12.5 Å². The van der Waals surface area contributed by atoms with Crippen LogP contribution in [0.2, 0.25) is 0 Å². The first-order chi connectivity index (χ1) is 17.1. The molecule has 0 saturated heterocycles. The van der Waals surface area contributed by atoms with Crippen molar-refractivity contribution in [2.45, 2.75) is 66.5 Å². The van der Waals surface area contributed by atoms with Gasteiger partial charge in [0.25, 0.3) is 0 Å². The molecule has 0 heterocycles. The number of benzene rings is 3. The van der Waals surface area contributed by atoms with Crippen LogP contribution >= 0.6 is 0 Å². The number of rotatable bonds is 12. The molecule has 0 aliphatic carbocycles. The zero-order valence-electron chi connectivity index (χ0n) is 22.2. The molecule has 0 saturated carbocycles. The molecule has 3 aromatic rings. The molecule has 0 amide bonds. The van der Waals surface area contributed by atoms with Gasteiger partial charge in [-0.05, 0) is 73.9 Å². The van der Waals surface area contributed by atoms with Crippen molar-refractivity contribution >= 4 is 11.7 Å². The molecule has 0 radical (unpaired) electrons. The van der Waals surface area contributed by atoms with Crippen LogP contribution in [0, 0.1) is 26.7 Å². The maximum atomic E-state index is 11.3. The Morgan fingerprint density at radius 1 is 1.00 bits per heavy atom. The Bertz CT molecular complexity index is 1190. The molecule has 0 spiro atoms. The van der Waals surface area contributed by atoms with Crippen molar-refractivity contribution in [3.63, 3.8) is 0 Å². The van der Waals surface area contributed by atoms with Crippen molar-refractivity contribution in [3.8, 4) is 5.75 Å². The number of ether oxygens (including phenoxy) is 1. The minimum atomic E-state index is -0.806. The summed E-state index contributed by atoms with van der Waals surface area (Å²) in [7, 11) is 0. The summed E-state index contributed by atoms with van der Waals surface area (Å²) in [6, 6.07) is 20.8. The predicted octanol–water partition coefficient (Wildman–Crippen LogP) is 7.56. The molecule has 3 aromatic carbocycles. The van der Waals surface area contributed by atoms with E-state index in [4.69, 9.17) is 4.74 Å². The quantitative estimate of drug-likeness (QED) is 0.278. The highest BCUT2D eigenvalue weighted by molar-refractivity contribution is 5.69. The topological polar surface area (TPSA) is 58.6 Å². The van der Waals surface area contributed by atoms with Crippen molar-refractivity contribution in [1.82, 2.24) is 5.32 Å². The Morgan fingerprint density at radius 3 is 2.33 bits per heavy atom. The molecule has 4 heteroatoms. The lowest BCUT2D eigenvalue weighted by atomic mass is 9.93. The van der Waals surface area contributed by atoms with Gasteiger partial charge in [0.15, 0.2) is 0 Å². The number of aryl methyl sites for hydroxylation is 4. The molecule has 0 aliphatic rings. The molecular weight excluding hydrogens is 446 g/mol. The second kappa shape index (κ2) is 12.4. The first kappa shape index (κ1) is 27.1. The van der Waals surface area contributed by atoms with E-state index in [0.717, 1.165) is 40.1 Å². The van der Waals surface area contributed by atoms with Gasteiger partial charge in [0.2, 0.25) is 0 Å². The van der Waals surface area contributed by atoms with E-state index in [1.807, 2.05) is 43.3 Å². The van der Waals surface area contributed by atoms with Gasteiger partial charge in [0.1, 0.15) is 12.4 Å². The van der Waals surface area contributed by atoms with E-state index in [1.54, 1.807) is 0 Å². The lowest BCUT2D eigenvalue weighted by molar-refractivity contribution is -0.136. The van der Waals surface area contributed by atoms with Gasteiger partial charge in [-0.3, -0.25) is 4.79 Å². The summed E-state index contributed by atoms with van der Waals surface area (Å²) >= 11 is 0. The largest absolute Gasteiger partial charge is 0.489 e. The number of carbonyl (C=O) groups is 1. The average Bonchev–Trinajstić information content (AvgIpc) is 2.81. The third-order valence-electron chi connectivity index (χ3n) is 6.30. The molecule has 0 aromatic heterocycles. The fraction of sp³-hybridized carbons (Fsp3) is 0.344. The van der Waals surface area contributed by atoms with Gasteiger partial charge in [-0.2, -0.15) is 0 Å². The maximum Gasteiger partial charge on any atom is 0.303 e. The zero-order chi connectivity index (χ0) is 26.2. The molecule has 0 fully saturated rings. The second-order valence-electron chi connectivity index (χ2n) is 10.2. The zero-order valence-corrected chi connectivity index (χ0v) is 22.2. The van der Waals surface area contributed by atoms with Crippen LogP contribution < -0.4 is 10.1 Å². The van der Waals surface area contributed by atoms with Crippen molar-refractivity contribution in [2.24, 2.45) is 5.92 Å².